The molecule has 0 aliphatic carbocycles. The minimum Gasteiger partial charge on any atom is -0.373 e. The summed E-state index contributed by atoms with van der Waals surface area (Å²) >= 11 is 0. The zero-order valence-electron chi connectivity index (χ0n) is 11.7. The van der Waals surface area contributed by atoms with Crippen LogP contribution in [0.3, 0.4) is 0 Å². The summed E-state index contributed by atoms with van der Waals surface area (Å²) in [7, 11) is 1.78. The lowest BCUT2D eigenvalue weighted by Crippen LogP contribution is -2.48. The highest BCUT2D eigenvalue weighted by atomic mass is 16.5. The maximum atomic E-state index is 12.0. The van der Waals surface area contributed by atoms with Crippen LogP contribution >= 0.6 is 0 Å². The first kappa shape index (κ1) is 14.0. The molecule has 1 aliphatic rings. The smallest absolute Gasteiger partial charge is 0.275 e. The molecule has 0 radical (unpaired) electrons. The van der Waals surface area contributed by atoms with Crippen LogP contribution < -0.4 is 0 Å². The van der Waals surface area contributed by atoms with Crippen molar-refractivity contribution in [3.63, 3.8) is 0 Å². The van der Waals surface area contributed by atoms with Gasteiger partial charge in [0.25, 0.3) is 5.91 Å². The molecule has 2 atom stereocenters. The van der Waals surface area contributed by atoms with Crippen molar-refractivity contribution in [2.24, 2.45) is 0 Å². The van der Waals surface area contributed by atoms with Gasteiger partial charge in [0.15, 0.2) is 5.69 Å². The number of likely N-dealkylation sites (N-methyl/N-ethyl adjacent to an activating group) is 1. The van der Waals surface area contributed by atoms with Gasteiger partial charge < -0.3 is 9.64 Å². The van der Waals surface area contributed by atoms with Crippen molar-refractivity contribution in [3.8, 4) is 0 Å². The minimum atomic E-state index is -0.108. The van der Waals surface area contributed by atoms with Crippen LogP contribution in [0.4, 0.5) is 0 Å². The van der Waals surface area contributed by atoms with E-state index in [1.807, 2.05) is 0 Å². The molecule has 1 aliphatic heterocycles. The van der Waals surface area contributed by atoms with Crippen molar-refractivity contribution in [2.45, 2.75) is 26.1 Å². The normalized spacial score (nSPS) is 24.4. The van der Waals surface area contributed by atoms with E-state index in [2.05, 4.69) is 34.2 Å². The van der Waals surface area contributed by atoms with Crippen LogP contribution in [0.15, 0.2) is 6.20 Å². The van der Waals surface area contributed by atoms with E-state index in [4.69, 9.17) is 4.74 Å². The van der Waals surface area contributed by atoms with Crippen LogP contribution in [0.5, 0.6) is 0 Å². The van der Waals surface area contributed by atoms with Gasteiger partial charge in [0, 0.05) is 33.2 Å². The van der Waals surface area contributed by atoms with E-state index in [1.54, 1.807) is 11.9 Å². The molecule has 7 nitrogen and oxygen atoms in total. The quantitative estimate of drug-likeness (QED) is 0.830. The number of aromatic amines is 1. The van der Waals surface area contributed by atoms with Gasteiger partial charge in [0.1, 0.15) is 0 Å². The second-order valence-electron chi connectivity index (χ2n) is 5.10. The monoisotopic (exact) mass is 267 g/mol. The standard InChI is InChI=1S/C12H21N5O2/c1-9-7-17(8-10(2)19-9)5-4-16(3)12(18)11-6-13-15-14-11/h6,9-10H,4-5,7-8H2,1-3H3,(H,13,14,15)/t9-,10+. The topological polar surface area (TPSA) is 74.4 Å². The highest BCUT2D eigenvalue weighted by molar-refractivity contribution is 5.91. The van der Waals surface area contributed by atoms with E-state index in [-0.39, 0.29) is 18.1 Å². The predicted octanol–water partition coefficient (Wildman–Crippen LogP) is -0.0141. The zero-order valence-corrected chi connectivity index (χ0v) is 11.7. The van der Waals surface area contributed by atoms with E-state index in [0.717, 1.165) is 19.6 Å². The lowest BCUT2D eigenvalue weighted by Gasteiger charge is -2.36. The first-order valence-corrected chi connectivity index (χ1v) is 6.55. The molecule has 0 saturated carbocycles. The van der Waals surface area contributed by atoms with Crippen molar-refractivity contribution < 1.29 is 9.53 Å². The number of carbonyl (C=O) groups excluding carboxylic acids is 1. The second kappa shape index (κ2) is 6.12. The summed E-state index contributed by atoms with van der Waals surface area (Å²) in [5, 5.41) is 9.89. The molecule has 0 unspecified atom stereocenters. The molecule has 1 aromatic heterocycles. The third-order valence-corrected chi connectivity index (χ3v) is 3.23. The molecule has 2 rings (SSSR count). The van der Waals surface area contributed by atoms with Gasteiger partial charge in [0.2, 0.25) is 0 Å². The Labute approximate surface area is 112 Å². The third kappa shape index (κ3) is 3.74. The number of nitrogens with one attached hydrogen (secondary N) is 1. The van der Waals surface area contributed by atoms with Gasteiger partial charge in [-0.25, -0.2) is 0 Å². The highest BCUT2D eigenvalue weighted by Crippen LogP contribution is 2.10. The van der Waals surface area contributed by atoms with Crippen LogP contribution in [0.25, 0.3) is 0 Å². The fourth-order valence-corrected chi connectivity index (χ4v) is 2.36. The Kier molecular flexibility index (Phi) is 4.49. The molecule has 1 amide bonds. The Morgan fingerprint density at radius 3 is 2.79 bits per heavy atom. The van der Waals surface area contributed by atoms with Gasteiger partial charge in [-0.2, -0.15) is 15.4 Å². The van der Waals surface area contributed by atoms with Crippen LogP contribution in [0.2, 0.25) is 0 Å². The lowest BCUT2D eigenvalue weighted by atomic mass is 10.2. The van der Waals surface area contributed by atoms with Gasteiger partial charge in [-0.15, -0.1) is 0 Å². The molecular formula is C12H21N5O2. The SMILES string of the molecule is C[C@@H]1CN(CCN(C)C(=O)c2cn[nH]n2)C[C@H](C)O1. The Bertz CT molecular complexity index is 398. The maximum absolute atomic E-state index is 12.0. The molecule has 106 valence electrons. The van der Waals surface area contributed by atoms with Gasteiger partial charge in [0.05, 0.1) is 18.4 Å². The zero-order chi connectivity index (χ0) is 13.8. The van der Waals surface area contributed by atoms with E-state index in [0.29, 0.717) is 12.2 Å². The molecule has 0 bridgehead atoms. The fraction of sp³-hybridized carbons (Fsp3) is 0.750. The average molecular weight is 267 g/mol. The van der Waals surface area contributed by atoms with E-state index in [1.165, 1.54) is 6.20 Å². The fourth-order valence-electron chi connectivity index (χ4n) is 2.36. The van der Waals surface area contributed by atoms with Gasteiger partial charge in [-0.05, 0) is 13.8 Å². The van der Waals surface area contributed by atoms with Crippen molar-refractivity contribution in [2.75, 3.05) is 33.2 Å². The number of morpholine rings is 1. The third-order valence-electron chi connectivity index (χ3n) is 3.23. The Morgan fingerprint density at radius 2 is 2.21 bits per heavy atom. The number of hydrogen-bond donors (Lipinski definition) is 1. The first-order chi connectivity index (χ1) is 9.06. The Morgan fingerprint density at radius 1 is 1.53 bits per heavy atom. The number of amides is 1. The highest BCUT2D eigenvalue weighted by Gasteiger charge is 2.23. The molecule has 0 spiro atoms. The Balaban J connectivity index is 1.80. The van der Waals surface area contributed by atoms with Gasteiger partial charge in [-0.1, -0.05) is 0 Å². The average Bonchev–Trinajstić information content (AvgIpc) is 2.87. The van der Waals surface area contributed by atoms with Crippen LogP contribution in [0, 0.1) is 0 Å². The number of H-pyrrole nitrogens is 1. The van der Waals surface area contributed by atoms with Crippen molar-refractivity contribution in [3.05, 3.63) is 11.9 Å². The van der Waals surface area contributed by atoms with Gasteiger partial charge in [-0.3, -0.25) is 9.69 Å². The van der Waals surface area contributed by atoms with Crippen molar-refractivity contribution in [1.29, 1.82) is 0 Å². The summed E-state index contributed by atoms with van der Waals surface area (Å²) < 4.78 is 5.68. The molecule has 1 saturated heterocycles. The molecule has 1 fully saturated rings. The molecule has 2 heterocycles. The Hall–Kier alpha value is -1.47. The van der Waals surface area contributed by atoms with Crippen LogP contribution in [-0.2, 0) is 4.74 Å². The number of nitrogens with zero attached hydrogens (tertiary/aromatic N) is 4. The summed E-state index contributed by atoms with van der Waals surface area (Å²) in [6.07, 6.45) is 1.94. The maximum Gasteiger partial charge on any atom is 0.275 e. The van der Waals surface area contributed by atoms with Crippen LogP contribution in [0.1, 0.15) is 24.3 Å². The molecule has 0 aromatic carbocycles. The summed E-state index contributed by atoms with van der Waals surface area (Å²) in [6, 6.07) is 0. The largest absolute Gasteiger partial charge is 0.373 e. The van der Waals surface area contributed by atoms with Crippen LogP contribution in [-0.4, -0.2) is 76.6 Å². The minimum absolute atomic E-state index is 0.108. The molecule has 1 aromatic rings. The lowest BCUT2D eigenvalue weighted by molar-refractivity contribution is -0.0685. The number of aromatic nitrogens is 3. The molecule has 19 heavy (non-hydrogen) atoms. The van der Waals surface area contributed by atoms with E-state index in [9.17, 15) is 4.79 Å². The number of rotatable bonds is 4. The predicted molar refractivity (Wildman–Crippen MR) is 69.8 cm³/mol. The summed E-state index contributed by atoms with van der Waals surface area (Å²) in [5.41, 5.74) is 0.353. The summed E-state index contributed by atoms with van der Waals surface area (Å²) in [5.74, 6) is -0.108. The summed E-state index contributed by atoms with van der Waals surface area (Å²) in [6.45, 7) is 7.50. The number of carbonyl (C=O) groups is 1. The molecule has 1 N–H and O–H groups in total. The van der Waals surface area contributed by atoms with Gasteiger partial charge >= 0.3 is 0 Å². The van der Waals surface area contributed by atoms with Crippen molar-refractivity contribution in [1.82, 2.24) is 25.2 Å². The number of hydrogen-bond acceptors (Lipinski definition) is 5. The summed E-state index contributed by atoms with van der Waals surface area (Å²) in [4.78, 5) is 16.0. The van der Waals surface area contributed by atoms with E-state index >= 15 is 0 Å². The van der Waals surface area contributed by atoms with Crippen molar-refractivity contribution >= 4 is 5.91 Å². The van der Waals surface area contributed by atoms with E-state index < -0.39 is 0 Å². The number of ether oxygens (including phenoxy) is 1. The molecular weight excluding hydrogens is 246 g/mol. The second-order valence-corrected chi connectivity index (χ2v) is 5.10. The molecule has 7 heteroatoms. The first-order valence-electron chi connectivity index (χ1n) is 6.55.